The Labute approximate surface area is 199 Å². The Morgan fingerprint density at radius 2 is 1.42 bits per heavy atom. The Balaban J connectivity index is 1.73. The molecule has 0 spiro atoms. The van der Waals surface area contributed by atoms with Gasteiger partial charge in [-0.1, -0.05) is 73.1 Å². The molecule has 0 aliphatic carbocycles. The zero-order valence-electron chi connectivity index (χ0n) is 19.6. The maximum Gasteiger partial charge on any atom is 0.283 e. The summed E-state index contributed by atoms with van der Waals surface area (Å²) < 4.78 is 0. The molecule has 1 N–H and O–H groups in total. The fourth-order valence-electron chi connectivity index (χ4n) is 3.81. The van der Waals surface area contributed by atoms with Gasteiger partial charge in [0, 0.05) is 10.6 Å². The maximum absolute atomic E-state index is 13.6. The van der Waals surface area contributed by atoms with Crippen LogP contribution in [0, 0.1) is 20.8 Å². The van der Waals surface area contributed by atoms with Crippen molar-refractivity contribution in [1.29, 1.82) is 0 Å². The molecule has 33 heavy (non-hydrogen) atoms. The molecule has 4 nitrogen and oxygen atoms in total. The summed E-state index contributed by atoms with van der Waals surface area (Å²) in [6, 6.07) is 21.7. The molecule has 168 valence electrons. The van der Waals surface area contributed by atoms with E-state index >= 15 is 0 Å². The summed E-state index contributed by atoms with van der Waals surface area (Å²) in [5.41, 5.74) is 6.03. The van der Waals surface area contributed by atoms with Crippen LogP contribution in [0.5, 0.6) is 0 Å². The minimum Gasteiger partial charge on any atom is -0.350 e. The molecule has 5 heteroatoms. The molecule has 1 aliphatic heterocycles. The zero-order valence-corrected chi connectivity index (χ0v) is 20.4. The number of benzene rings is 3. The van der Waals surface area contributed by atoms with Gasteiger partial charge in [0.25, 0.3) is 11.8 Å². The van der Waals surface area contributed by atoms with E-state index in [1.165, 1.54) is 22.2 Å². The summed E-state index contributed by atoms with van der Waals surface area (Å²) in [7, 11) is 0. The van der Waals surface area contributed by atoms with E-state index < -0.39 is 0 Å². The number of rotatable bonds is 6. The highest BCUT2D eigenvalue weighted by atomic mass is 32.2. The molecule has 0 fully saturated rings. The molecule has 1 aliphatic rings. The normalized spacial score (nSPS) is 13.9. The van der Waals surface area contributed by atoms with Gasteiger partial charge in [-0.15, -0.1) is 0 Å². The first kappa shape index (κ1) is 22.9. The van der Waals surface area contributed by atoms with Gasteiger partial charge in [-0.25, -0.2) is 4.90 Å². The lowest BCUT2D eigenvalue weighted by Crippen LogP contribution is -2.33. The first-order valence-electron chi connectivity index (χ1n) is 11.1. The van der Waals surface area contributed by atoms with Crippen LogP contribution in [-0.2, 0) is 9.59 Å². The molecule has 0 saturated carbocycles. The van der Waals surface area contributed by atoms with Crippen LogP contribution in [0.1, 0.15) is 42.0 Å². The molecule has 0 radical (unpaired) electrons. The topological polar surface area (TPSA) is 49.4 Å². The predicted molar refractivity (Wildman–Crippen MR) is 137 cm³/mol. The standard InChI is InChI=1S/C28H28N2O2S/c1-17(2)21-9-11-22(12-10-21)29-25-26(33-23-13-6-18(3)7-14-23)28(32)30(27(25)31)24-15-8-19(4)16-20(24)5/h6-17,29H,1-5H3. The van der Waals surface area contributed by atoms with E-state index in [1.807, 2.05) is 87.5 Å². The van der Waals surface area contributed by atoms with Crippen molar-refractivity contribution < 1.29 is 9.59 Å². The van der Waals surface area contributed by atoms with Gasteiger partial charge in [0.1, 0.15) is 10.6 Å². The highest BCUT2D eigenvalue weighted by molar-refractivity contribution is 8.04. The number of carbonyl (C=O) groups is 2. The highest BCUT2D eigenvalue weighted by Gasteiger charge is 2.40. The molecule has 0 atom stereocenters. The van der Waals surface area contributed by atoms with Gasteiger partial charge in [0.2, 0.25) is 0 Å². The van der Waals surface area contributed by atoms with Crippen molar-refractivity contribution in [2.75, 3.05) is 10.2 Å². The zero-order chi connectivity index (χ0) is 23.7. The second kappa shape index (κ2) is 9.28. The number of imide groups is 1. The Morgan fingerprint density at radius 3 is 2.03 bits per heavy atom. The van der Waals surface area contributed by atoms with Crippen molar-refractivity contribution in [3.8, 4) is 0 Å². The largest absolute Gasteiger partial charge is 0.350 e. The van der Waals surface area contributed by atoms with Crippen LogP contribution >= 0.6 is 11.8 Å². The average molecular weight is 457 g/mol. The molecule has 2 amide bonds. The van der Waals surface area contributed by atoms with Crippen molar-refractivity contribution in [2.24, 2.45) is 0 Å². The Morgan fingerprint density at radius 1 is 0.788 bits per heavy atom. The highest BCUT2D eigenvalue weighted by Crippen LogP contribution is 2.39. The van der Waals surface area contributed by atoms with Crippen molar-refractivity contribution in [1.82, 2.24) is 0 Å². The van der Waals surface area contributed by atoms with E-state index in [1.54, 1.807) is 0 Å². The van der Waals surface area contributed by atoms with Crippen LogP contribution in [-0.4, -0.2) is 11.8 Å². The van der Waals surface area contributed by atoms with E-state index in [0.717, 1.165) is 27.3 Å². The van der Waals surface area contributed by atoms with Crippen LogP contribution in [0.2, 0.25) is 0 Å². The second-order valence-corrected chi connectivity index (χ2v) is 9.84. The summed E-state index contributed by atoms with van der Waals surface area (Å²) in [4.78, 5) is 29.7. The van der Waals surface area contributed by atoms with Gasteiger partial charge >= 0.3 is 0 Å². The van der Waals surface area contributed by atoms with Crippen LogP contribution in [0.3, 0.4) is 0 Å². The van der Waals surface area contributed by atoms with Gasteiger partial charge in [0.15, 0.2) is 0 Å². The minimum atomic E-state index is -0.338. The number of nitrogens with zero attached hydrogens (tertiary/aromatic N) is 1. The van der Waals surface area contributed by atoms with Crippen LogP contribution in [0.25, 0.3) is 0 Å². The monoisotopic (exact) mass is 456 g/mol. The lowest BCUT2D eigenvalue weighted by Gasteiger charge is -2.18. The molecule has 0 bridgehead atoms. The van der Waals surface area contributed by atoms with E-state index in [9.17, 15) is 9.59 Å². The van der Waals surface area contributed by atoms with Gasteiger partial charge in [0.05, 0.1) is 5.69 Å². The molecule has 1 heterocycles. The smallest absolute Gasteiger partial charge is 0.283 e. The quantitative estimate of drug-likeness (QED) is 0.418. The first-order chi connectivity index (χ1) is 15.7. The maximum atomic E-state index is 13.6. The average Bonchev–Trinajstić information content (AvgIpc) is 3.00. The predicted octanol–water partition coefficient (Wildman–Crippen LogP) is 6.72. The number of hydrogen-bond donors (Lipinski definition) is 1. The molecule has 0 aromatic heterocycles. The number of thioether (sulfide) groups is 1. The molecule has 3 aromatic rings. The third-order valence-corrected chi connectivity index (χ3v) is 6.81. The number of amides is 2. The van der Waals surface area contributed by atoms with Crippen molar-refractivity contribution >= 4 is 35.0 Å². The molecular formula is C28H28N2O2S. The molecule has 0 unspecified atom stereocenters. The Kier molecular flexibility index (Phi) is 6.43. The fourth-order valence-corrected chi connectivity index (χ4v) is 4.74. The second-order valence-electron chi connectivity index (χ2n) is 8.76. The first-order valence-corrected chi connectivity index (χ1v) is 11.9. The van der Waals surface area contributed by atoms with Gasteiger partial charge in [-0.05, 0) is 68.1 Å². The van der Waals surface area contributed by atoms with Gasteiger partial charge in [-0.2, -0.15) is 0 Å². The summed E-state index contributed by atoms with van der Waals surface area (Å²) in [6.07, 6.45) is 0. The number of carbonyl (C=O) groups excluding carboxylic acids is 2. The van der Waals surface area contributed by atoms with E-state index in [-0.39, 0.29) is 11.8 Å². The summed E-state index contributed by atoms with van der Waals surface area (Å²) in [6.45, 7) is 10.2. The summed E-state index contributed by atoms with van der Waals surface area (Å²) in [5.74, 6) is -0.228. The number of hydrogen-bond acceptors (Lipinski definition) is 4. The van der Waals surface area contributed by atoms with Crippen molar-refractivity contribution in [3.05, 3.63) is 99.6 Å². The van der Waals surface area contributed by atoms with Crippen molar-refractivity contribution in [2.45, 2.75) is 45.4 Å². The van der Waals surface area contributed by atoms with Crippen LogP contribution < -0.4 is 10.2 Å². The SMILES string of the molecule is Cc1ccc(SC2=C(Nc3ccc(C(C)C)cc3)C(=O)N(c3ccc(C)cc3C)C2=O)cc1. The third-order valence-electron chi connectivity index (χ3n) is 5.72. The molecule has 3 aromatic carbocycles. The van der Waals surface area contributed by atoms with Crippen LogP contribution in [0.15, 0.2) is 82.2 Å². The van der Waals surface area contributed by atoms with Crippen LogP contribution in [0.4, 0.5) is 11.4 Å². The number of aryl methyl sites for hydroxylation is 3. The molecular weight excluding hydrogens is 428 g/mol. The van der Waals surface area contributed by atoms with E-state index in [2.05, 4.69) is 19.2 Å². The lowest BCUT2D eigenvalue weighted by molar-refractivity contribution is -0.120. The Bertz CT molecular complexity index is 1240. The summed E-state index contributed by atoms with van der Waals surface area (Å²) in [5, 5.41) is 3.25. The molecule has 4 rings (SSSR count). The summed E-state index contributed by atoms with van der Waals surface area (Å²) >= 11 is 1.32. The Hall–Kier alpha value is -3.31. The fraction of sp³-hybridized carbons (Fsp3) is 0.214. The third kappa shape index (κ3) is 4.74. The number of anilines is 2. The molecule has 0 saturated heterocycles. The van der Waals surface area contributed by atoms with Gasteiger partial charge in [-0.3, -0.25) is 9.59 Å². The van der Waals surface area contributed by atoms with Gasteiger partial charge < -0.3 is 5.32 Å². The van der Waals surface area contributed by atoms with Crippen molar-refractivity contribution in [3.63, 3.8) is 0 Å². The lowest BCUT2D eigenvalue weighted by atomic mass is 10.0. The number of nitrogens with one attached hydrogen (secondary N) is 1. The van der Waals surface area contributed by atoms with E-state index in [0.29, 0.717) is 22.2 Å². The minimum absolute atomic E-state index is 0.307. The van der Waals surface area contributed by atoms with E-state index in [4.69, 9.17) is 0 Å².